The molecule has 0 saturated carbocycles. The van der Waals surface area contributed by atoms with Crippen LogP contribution in [0.3, 0.4) is 0 Å². The zero-order valence-corrected chi connectivity index (χ0v) is 41.2. The highest BCUT2D eigenvalue weighted by Gasteiger charge is 2.72. The molecule has 65 heavy (non-hydrogen) atoms. The van der Waals surface area contributed by atoms with E-state index >= 15 is 0 Å². The number of rotatable bonds is 14. The van der Waals surface area contributed by atoms with Crippen LogP contribution in [0, 0.1) is 8.99 Å². The Kier molecular flexibility index (Phi) is 15.0. The number of hydrogen-bond acceptors (Lipinski definition) is 11. The van der Waals surface area contributed by atoms with E-state index in [2.05, 4.69) is 89.5 Å². The van der Waals surface area contributed by atoms with Crippen molar-refractivity contribution < 1.29 is 59.6 Å². The summed E-state index contributed by atoms with van der Waals surface area (Å²) >= 11 is 2.39. The molecule has 0 unspecified atom stereocenters. The number of carbonyl (C=O) groups excluding carboxylic acids is 1. The molecule has 0 aliphatic carbocycles. The topological polar surface area (TPSA) is 145 Å². The third kappa shape index (κ3) is 8.88. The Morgan fingerprint density at radius 2 is 1.06 bits per heavy atom. The molecule has 0 fully saturated rings. The first kappa shape index (κ1) is 50.7. The van der Waals surface area contributed by atoms with E-state index in [1.165, 1.54) is 39.7 Å². The van der Waals surface area contributed by atoms with E-state index in [1.807, 2.05) is 18.3 Å². The number of halogens is 7. The standard InChI is InChI=1S/C24H34IN3O3Si.C20H17F6N3O4/c1-14(2)32(15(3)4,16(5)6)28-13-18(25)22-24(28)26-12-19(27-22)17-10-20(29-7)23(31-9)21(11-17)30-8;1-18(19(21,22)23,20(24,25)26)16(30)10-7-27-17-14(10)29-11(8-28-17)9-5-12(31-2)15(33-4)13(6-9)32-3/h10-16H,1-9H3;5-8H,1-4H3,(H,27,28). The van der Waals surface area contributed by atoms with Crippen molar-refractivity contribution in [1.29, 1.82) is 0 Å². The van der Waals surface area contributed by atoms with E-state index < -0.39 is 42.9 Å². The van der Waals surface area contributed by atoms with Crippen LogP contribution in [0.15, 0.2) is 49.1 Å². The number of nitrogens with one attached hydrogen (secondary N) is 1. The van der Waals surface area contributed by atoms with E-state index in [1.54, 1.807) is 21.3 Å². The predicted molar refractivity (Wildman–Crippen MR) is 245 cm³/mol. The number of aromatic amines is 1. The molecule has 0 aliphatic heterocycles. The van der Waals surface area contributed by atoms with Crippen molar-refractivity contribution in [2.45, 2.75) is 77.4 Å². The van der Waals surface area contributed by atoms with Crippen molar-refractivity contribution in [2.24, 2.45) is 5.41 Å². The Morgan fingerprint density at radius 3 is 1.43 bits per heavy atom. The summed E-state index contributed by atoms with van der Waals surface area (Å²) in [5, 5.41) is 0. The molecule has 0 spiro atoms. The second kappa shape index (κ2) is 19.3. The van der Waals surface area contributed by atoms with E-state index in [0.29, 0.717) is 39.4 Å². The van der Waals surface area contributed by atoms with Gasteiger partial charge in [-0.05, 0) is 70.4 Å². The van der Waals surface area contributed by atoms with E-state index in [-0.39, 0.29) is 35.5 Å². The van der Waals surface area contributed by atoms with Crippen molar-refractivity contribution >= 4 is 58.9 Å². The number of fused-ring (bicyclic) bond motifs is 2. The number of nitrogens with zero attached hydrogens (tertiary/aromatic N) is 5. The van der Waals surface area contributed by atoms with Crippen molar-refractivity contribution in [1.82, 2.24) is 29.2 Å². The number of hydrogen-bond donors (Lipinski definition) is 1. The van der Waals surface area contributed by atoms with Crippen LogP contribution in [0.4, 0.5) is 26.3 Å². The number of benzene rings is 2. The van der Waals surface area contributed by atoms with Crippen LogP contribution in [0.1, 0.15) is 58.8 Å². The Bertz CT molecular complexity index is 2600. The first-order valence-corrected chi connectivity index (χ1v) is 23.4. The number of carbonyl (C=O) groups is 1. The van der Waals surface area contributed by atoms with E-state index in [0.717, 1.165) is 32.2 Å². The van der Waals surface area contributed by atoms with Gasteiger partial charge in [0.25, 0.3) is 0 Å². The molecule has 0 amide bonds. The van der Waals surface area contributed by atoms with Gasteiger partial charge in [-0.3, -0.25) is 4.79 Å². The van der Waals surface area contributed by atoms with Crippen LogP contribution in [-0.2, 0) is 0 Å². The van der Waals surface area contributed by atoms with Gasteiger partial charge in [-0.25, -0.2) is 19.9 Å². The van der Waals surface area contributed by atoms with E-state index in [9.17, 15) is 31.1 Å². The number of ketones is 1. The summed E-state index contributed by atoms with van der Waals surface area (Å²) in [5.74, 6) is 0.256. The van der Waals surface area contributed by atoms with Crippen LogP contribution in [-0.4, -0.2) is 98.2 Å². The summed E-state index contributed by atoms with van der Waals surface area (Å²) in [7, 11) is 6.99. The van der Waals surface area contributed by atoms with Crippen molar-refractivity contribution in [3.63, 3.8) is 0 Å². The minimum Gasteiger partial charge on any atom is -0.493 e. The summed E-state index contributed by atoms with van der Waals surface area (Å²) < 4.78 is 116. The highest BCUT2D eigenvalue weighted by atomic mass is 127. The van der Waals surface area contributed by atoms with Gasteiger partial charge in [0.1, 0.15) is 11.0 Å². The van der Waals surface area contributed by atoms with Gasteiger partial charge in [0.2, 0.25) is 16.9 Å². The van der Waals surface area contributed by atoms with Gasteiger partial charge in [0, 0.05) is 23.5 Å². The molecule has 6 aromatic rings. The van der Waals surface area contributed by atoms with Crippen LogP contribution in [0.2, 0.25) is 16.6 Å². The quantitative estimate of drug-likeness (QED) is 0.0482. The molecular weight excluding hydrogens is 993 g/mol. The van der Waals surface area contributed by atoms with Crippen molar-refractivity contribution in [3.05, 3.63) is 58.2 Å². The van der Waals surface area contributed by atoms with Gasteiger partial charge in [-0.15, -0.1) is 0 Å². The average Bonchev–Trinajstić information content (AvgIpc) is 3.83. The summed E-state index contributed by atoms with van der Waals surface area (Å²) in [4.78, 5) is 33.1. The summed E-state index contributed by atoms with van der Waals surface area (Å²) in [6, 6.07) is 6.74. The molecule has 0 atom stereocenters. The lowest BCUT2D eigenvalue weighted by molar-refractivity contribution is -0.310. The lowest BCUT2D eigenvalue weighted by Gasteiger charge is -2.44. The summed E-state index contributed by atoms with van der Waals surface area (Å²) in [6.45, 7) is 14.0. The zero-order valence-electron chi connectivity index (χ0n) is 38.1. The number of aromatic nitrogens is 6. The number of alkyl halides is 6. The molecule has 0 aliphatic rings. The molecular formula is C44H51F6IN6O7Si. The zero-order chi connectivity index (χ0) is 48.6. The maximum atomic E-state index is 13.4. The van der Waals surface area contributed by atoms with Gasteiger partial charge in [0.05, 0.1) is 75.6 Å². The number of ether oxygens (including phenoxy) is 6. The molecule has 6 rings (SSSR count). The minimum atomic E-state index is -5.90. The molecule has 352 valence electrons. The fourth-order valence-corrected chi connectivity index (χ4v) is 16.0. The molecule has 4 aromatic heterocycles. The third-order valence-electron chi connectivity index (χ3n) is 11.8. The second-order valence-electron chi connectivity index (χ2n) is 16.1. The average molecular weight is 1040 g/mol. The fraction of sp³-hybridized carbons (Fsp3) is 0.432. The molecule has 2 aromatic carbocycles. The SMILES string of the molecule is COc1cc(-c2cnc3[nH]cc(C(=O)C(C)(C(F)(F)F)C(F)(F)F)c3n2)cc(OC)c1OC.COc1cc(-c2cnc3c(n2)c(I)cn3[Si](C(C)C)(C(C)C)C(C)C)cc(OC)c1OC. The predicted octanol–water partition coefficient (Wildman–Crippen LogP) is 11.7. The maximum Gasteiger partial charge on any atom is 0.410 e. The molecule has 0 saturated heterocycles. The minimum absolute atomic E-state index is 0.0381. The molecule has 13 nitrogen and oxygen atoms in total. The van der Waals surface area contributed by atoms with Gasteiger partial charge >= 0.3 is 12.4 Å². The van der Waals surface area contributed by atoms with Gasteiger partial charge < -0.3 is 37.6 Å². The Hall–Kier alpha value is -5.32. The number of methoxy groups -OCH3 is 6. The normalized spacial score (nSPS) is 12.5. The monoisotopic (exact) mass is 1040 g/mol. The molecule has 21 heteroatoms. The highest BCUT2D eigenvalue weighted by molar-refractivity contribution is 14.1. The van der Waals surface area contributed by atoms with Gasteiger partial charge in [-0.2, -0.15) is 26.3 Å². The van der Waals surface area contributed by atoms with Gasteiger partial charge in [-0.1, -0.05) is 41.5 Å². The van der Waals surface area contributed by atoms with Crippen LogP contribution >= 0.6 is 22.6 Å². The highest BCUT2D eigenvalue weighted by Crippen LogP contribution is 2.53. The molecule has 0 bridgehead atoms. The molecule has 0 radical (unpaired) electrons. The largest absolute Gasteiger partial charge is 0.493 e. The Labute approximate surface area is 386 Å². The smallest absolute Gasteiger partial charge is 0.410 e. The number of Topliss-reactive ketones (excluding diaryl/α,β-unsaturated/α-hetero) is 1. The first-order chi connectivity index (χ1) is 30.4. The maximum absolute atomic E-state index is 13.4. The van der Waals surface area contributed by atoms with E-state index in [4.69, 9.17) is 38.4 Å². The van der Waals surface area contributed by atoms with Gasteiger partial charge in [0.15, 0.2) is 48.3 Å². The summed E-state index contributed by atoms with van der Waals surface area (Å²) in [5.41, 5.74) is -0.527. The first-order valence-electron chi connectivity index (χ1n) is 20.1. The Morgan fingerprint density at radius 1 is 0.662 bits per heavy atom. The van der Waals surface area contributed by atoms with Crippen LogP contribution in [0.25, 0.3) is 44.8 Å². The lowest BCUT2D eigenvalue weighted by Crippen LogP contribution is -2.53. The van der Waals surface area contributed by atoms with Crippen LogP contribution in [0.5, 0.6) is 34.5 Å². The fourth-order valence-electron chi connectivity index (χ4n) is 8.57. The molecule has 1 N–H and O–H groups in total. The van der Waals surface area contributed by atoms with Crippen LogP contribution < -0.4 is 28.4 Å². The lowest BCUT2D eigenvalue weighted by atomic mass is 9.81. The molecule has 4 heterocycles. The second-order valence-corrected chi connectivity index (χ2v) is 22.9. The number of H-pyrrole nitrogens is 1. The third-order valence-corrected chi connectivity index (χ3v) is 19.3. The Balaban J connectivity index is 0.000000244. The van der Waals surface area contributed by atoms with Crippen molar-refractivity contribution in [2.75, 3.05) is 42.7 Å². The van der Waals surface area contributed by atoms with Crippen molar-refractivity contribution in [3.8, 4) is 57.0 Å². The summed E-state index contributed by atoms with van der Waals surface area (Å²) in [6.07, 6.45) is -5.71.